The van der Waals surface area contributed by atoms with Gasteiger partial charge in [0, 0.05) is 11.6 Å². The van der Waals surface area contributed by atoms with E-state index in [-0.39, 0.29) is 0 Å². The number of para-hydroxylation sites is 1. The largest absolute Gasteiger partial charge is 0.490 e. The van der Waals surface area contributed by atoms with Gasteiger partial charge >= 0.3 is 0 Å². The minimum Gasteiger partial charge on any atom is -0.490 e. The predicted octanol–water partition coefficient (Wildman–Crippen LogP) is 4.31. The highest BCUT2D eigenvalue weighted by Crippen LogP contribution is 2.37. The fourth-order valence-electron chi connectivity index (χ4n) is 2.77. The van der Waals surface area contributed by atoms with Gasteiger partial charge < -0.3 is 10.1 Å². The predicted molar refractivity (Wildman–Crippen MR) is 80.6 cm³/mol. The molecule has 0 aliphatic heterocycles. The smallest absolute Gasteiger partial charge is 0.124 e. The topological polar surface area (TPSA) is 21.3 Å². The van der Waals surface area contributed by atoms with Crippen LogP contribution in [0.15, 0.2) is 24.3 Å². The molecule has 0 amide bonds. The summed E-state index contributed by atoms with van der Waals surface area (Å²) < 4.78 is 6.26. The van der Waals surface area contributed by atoms with Crippen LogP contribution in [0, 0.1) is 5.41 Å². The molecule has 1 aliphatic rings. The van der Waals surface area contributed by atoms with Gasteiger partial charge in [-0.3, -0.25) is 0 Å². The third-order valence-corrected chi connectivity index (χ3v) is 4.40. The molecule has 2 heteroatoms. The highest BCUT2D eigenvalue weighted by Gasteiger charge is 2.28. The Bertz CT molecular complexity index is 403. The van der Waals surface area contributed by atoms with Gasteiger partial charge in [-0.15, -0.1) is 0 Å². The molecule has 0 saturated heterocycles. The number of nitrogens with one attached hydrogen (secondary N) is 1. The van der Waals surface area contributed by atoms with Crippen molar-refractivity contribution in [2.45, 2.75) is 58.6 Å². The van der Waals surface area contributed by atoms with Crippen LogP contribution < -0.4 is 10.1 Å². The minimum absolute atomic E-state index is 0.330. The maximum atomic E-state index is 6.26. The van der Waals surface area contributed by atoms with Crippen LogP contribution in [0.4, 0.5) is 0 Å². The van der Waals surface area contributed by atoms with E-state index in [9.17, 15) is 0 Å². The summed E-state index contributed by atoms with van der Waals surface area (Å²) in [6.07, 6.45) is 5.27. The SMILES string of the molecule is CNC(C)c1ccccc1OC1CCC(C)(C)CC1. The Kier molecular flexibility index (Phi) is 4.51. The summed E-state index contributed by atoms with van der Waals surface area (Å²) in [7, 11) is 1.99. The molecule has 1 aromatic rings. The van der Waals surface area contributed by atoms with Crippen LogP contribution in [0.5, 0.6) is 5.75 Å². The highest BCUT2D eigenvalue weighted by molar-refractivity contribution is 5.35. The van der Waals surface area contributed by atoms with Gasteiger partial charge in [0.25, 0.3) is 0 Å². The van der Waals surface area contributed by atoms with Gasteiger partial charge in [0.05, 0.1) is 6.10 Å². The third kappa shape index (κ3) is 3.73. The molecular weight excluding hydrogens is 234 g/mol. The first-order valence-electron chi connectivity index (χ1n) is 7.45. The second kappa shape index (κ2) is 5.96. The summed E-state index contributed by atoms with van der Waals surface area (Å²) in [6.45, 7) is 6.90. The van der Waals surface area contributed by atoms with Crippen molar-refractivity contribution in [2.75, 3.05) is 7.05 Å². The van der Waals surface area contributed by atoms with Gasteiger partial charge in [-0.2, -0.15) is 0 Å². The Hall–Kier alpha value is -1.02. The molecule has 1 aliphatic carbocycles. The first-order valence-corrected chi connectivity index (χ1v) is 7.45. The monoisotopic (exact) mass is 261 g/mol. The Morgan fingerprint density at radius 3 is 2.47 bits per heavy atom. The normalized spacial score (nSPS) is 21.1. The van der Waals surface area contributed by atoms with Crippen LogP contribution >= 0.6 is 0 Å². The molecule has 1 fully saturated rings. The van der Waals surface area contributed by atoms with Gasteiger partial charge in [-0.1, -0.05) is 32.0 Å². The molecule has 1 atom stereocenters. The molecule has 1 N–H and O–H groups in total. The molecule has 2 nitrogen and oxygen atoms in total. The second-order valence-electron chi connectivity index (χ2n) is 6.53. The maximum absolute atomic E-state index is 6.26. The zero-order chi connectivity index (χ0) is 13.9. The summed E-state index contributed by atoms with van der Waals surface area (Å²) in [6, 6.07) is 8.73. The van der Waals surface area contributed by atoms with E-state index in [1.807, 2.05) is 7.05 Å². The number of benzene rings is 1. The fourth-order valence-corrected chi connectivity index (χ4v) is 2.77. The molecule has 1 aromatic carbocycles. The van der Waals surface area contributed by atoms with E-state index in [1.165, 1.54) is 31.2 Å². The van der Waals surface area contributed by atoms with E-state index >= 15 is 0 Å². The van der Waals surface area contributed by atoms with Crippen molar-refractivity contribution in [3.8, 4) is 5.75 Å². The standard InChI is InChI=1S/C17H27NO/c1-13(18-4)15-7-5-6-8-16(15)19-14-9-11-17(2,3)12-10-14/h5-8,13-14,18H,9-12H2,1-4H3. The summed E-state index contributed by atoms with van der Waals surface area (Å²) in [4.78, 5) is 0. The fraction of sp³-hybridized carbons (Fsp3) is 0.647. The number of hydrogen-bond acceptors (Lipinski definition) is 2. The van der Waals surface area contributed by atoms with Crippen molar-refractivity contribution in [1.82, 2.24) is 5.32 Å². The molecule has 2 rings (SSSR count). The van der Waals surface area contributed by atoms with Gasteiger partial charge in [0.2, 0.25) is 0 Å². The van der Waals surface area contributed by atoms with Crippen molar-refractivity contribution in [3.63, 3.8) is 0 Å². The average Bonchev–Trinajstić information content (AvgIpc) is 2.41. The summed E-state index contributed by atoms with van der Waals surface area (Å²) >= 11 is 0. The average molecular weight is 261 g/mol. The lowest BCUT2D eigenvalue weighted by molar-refractivity contribution is 0.0975. The molecule has 1 saturated carbocycles. The van der Waals surface area contributed by atoms with Crippen molar-refractivity contribution in [3.05, 3.63) is 29.8 Å². The van der Waals surface area contributed by atoms with Crippen molar-refractivity contribution in [1.29, 1.82) is 0 Å². The maximum Gasteiger partial charge on any atom is 0.124 e. The van der Waals surface area contributed by atoms with Gasteiger partial charge in [-0.05, 0) is 51.1 Å². The zero-order valence-electron chi connectivity index (χ0n) is 12.7. The molecule has 0 aromatic heterocycles. The lowest BCUT2D eigenvalue weighted by Gasteiger charge is -2.34. The number of hydrogen-bond donors (Lipinski definition) is 1. The molecule has 1 unspecified atom stereocenters. The van der Waals surface area contributed by atoms with Crippen LogP contribution in [0.3, 0.4) is 0 Å². The Labute approximate surface area is 117 Å². The van der Waals surface area contributed by atoms with E-state index in [2.05, 4.69) is 50.4 Å². The molecule has 0 bridgehead atoms. The Balaban J connectivity index is 2.04. The lowest BCUT2D eigenvalue weighted by Crippen LogP contribution is -2.29. The van der Waals surface area contributed by atoms with E-state index in [0.29, 0.717) is 17.6 Å². The van der Waals surface area contributed by atoms with Crippen LogP contribution in [-0.4, -0.2) is 13.2 Å². The van der Waals surface area contributed by atoms with Crippen LogP contribution in [-0.2, 0) is 0 Å². The number of rotatable bonds is 4. The molecule has 19 heavy (non-hydrogen) atoms. The van der Waals surface area contributed by atoms with Gasteiger partial charge in [0.15, 0.2) is 0 Å². The molecule has 0 radical (unpaired) electrons. The summed E-state index contributed by atoms with van der Waals surface area (Å²) in [5.41, 5.74) is 1.76. The van der Waals surface area contributed by atoms with Gasteiger partial charge in [0.1, 0.15) is 5.75 Å². The third-order valence-electron chi connectivity index (χ3n) is 4.40. The second-order valence-corrected chi connectivity index (χ2v) is 6.53. The molecule has 0 spiro atoms. The van der Waals surface area contributed by atoms with E-state index in [4.69, 9.17) is 4.74 Å². The molecule has 106 valence electrons. The van der Waals surface area contributed by atoms with Crippen molar-refractivity contribution < 1.29 is 4.74 Å². The summed E-state index contributed by atoms with van der Waals surface area (Å²) in [5, 5.41) is 3.29. The minimum atomic E-state index is 0.330. The van der Waals surface area contributed by atoms with E-state index in [0.717, 1.165) is 5.75 Å². The van der Waals surface area contributed by atoms with E-state index in [1.54, 1.807) is 0 Å². The van der Waals surface area contributed by atoms with Crippen LogP contribution in [0.1, 0.15) is 58.1 Å². The van der Waals surface area contributed by atoms with Crippen molar-refractivity contribution >= 4 is 0 Å². The first kappa shape index (κ1) is 14.4. The molecular formula is C17H27NO. The van der Waals surface area contributed by atoms with Crippen molar-refractivity contribution in [2.24, 2.45) is 5.41 Å². The molecule has 0 heterocycles. The lowest BCUT2D eigenvalue weighted by atomic mass is 9.76. The van der Waals surface area contributed by atoms with Gasteiger partial charge in [-0.25, -0.2) is 0 Å². The summed E-state index contributed by atoms with van der Waals surface area (Å²) in [5.74, 6) is 1.05. The van der Waals surface area contributed by atoms with Crippen LogP contribution in [0.2, 0.25) is 0 Å². The highest BCUT2D eigenvalue weighted by atomic mass is 16.5. The quantitative estimate of drug-likeness (QED) is 0.871. The number of ether oxygens (including phenoxy) is 1. The van der Waals surface area contributed by atoms with Crippen LogP contribution in [0.25, 0.3) is 0 Å². The first-order chi connectivity index (χ1) is 9.02. The zero-order valence-corrected chi connectivity index (χ0v) is 12.7. The Morgan fingerprint density at radius 1 is 1.21 bits per heavy atom. The Morgan fingerprint density at radius 2 is 1.84 bits per heavy atom. The van der Waals surface area contributed by atoms with E-state index < -0.39 is 0 Å².